The summed E-state index contributed by atoms with van der Waals surface area (Å²) in [6.45, 7) is 2.33. The van der Waals surface area contributed by atoms with Crippen LogP contribution >= 0.6 is 22.9 Å². The molecule has 0 saturated carbocycles. The van der Waals surface area contributed by atoms with Crippen molar-refractivity contribution in [3.8, 4) is 5.88 Å². The first-order valence-corrected chi connectivity index (χ1v) is 9.82. The molecule has 136 valence electrons. The van der Waals surface area contributed by atoms with Gasteiger partial charge in [-0.15, -0.1) is 0 Å². The molecule has 0 atom stereocenters. The molecular formula is C21H17ClN2O2S. The van der Waals surface area contributed by atoms with Gasteiger partial charge in [-0.3, -0.25) is 14.4 Å². The molecule has 1 aliphatic rings. The average Bonchev–Trinajstić information content (AvgIpc) is 3.20. The lowest BCUT2D eigenvalue weighted by Crippen LogP contribution is -2.13. The molecule has 0 fully saturated rings. The molecule has 0 aliphatic carbocycles. The number of fused-ring (bicyclic) bond motifs is 1. The lowest BCUT2D eigenvalue weighted by Gasteiger charge is -2.06. The monoisotopic (exact) mass is 396 g/mol. The van der Waals surface area contributed by atoms with E-state index in [1.54, 1.807) is 12.3 Å². The van der Waals surface area contributed by atoms with Gasteiger partial charge in [0.15, 0.2) is 0 Å². The number of hydrogen-bond acceptors (Lipinski definition) is 4. The van der Waals surface area contributed by atoms with Crippen molar-refractivity contribution < 1.29 is 5.11 Å². The second kappa shape index (κ2) is 7.18. The predicted molar refractivity (Wildman–Crippen MR) is 113 cm³/mol. The molecular weight excluding hydrogens is 380 g/mol. The zero-order valence-corrected chi connectivity index (χ0v) is 16.2. The third-order valence-corrected chi connectivity index (χ3v) is 5.89. The van der Waals surface area contributed by atoms with E-state index in [2.05, 4.69) is 18.0 Å². The van der Waals surface area contributed by atoms with Crippen LogP contribution in [0.3, 0.4) is 0 Å². The minimum atomic E-state index is -0.225. The van der Waals surface area contributed by atoms with E-state index >= 15 is 0 Å². The van der Waals surface area contributed by atoms with Crippen molar-refractivity contribution in [2.45, 2.75) is 19.9 Å². The van der Waals surface area contributed by atoms with Crippen LogP contribution in [-0.4, -0.2) is 15.9 Å². The molecule has 0 radical (unpaired) electrons. The molecule has 0 spiro atoms. The van der Waals surface area contributed by atoms with Crippen molar-refractivity contribution in [2.75, 3.05) is 0 Å². The first-order valence-electron chi connectivity index (χ1n) is 8.62. The third kappa shape index (κ3) is 3.24. The number of para-hydroxylation sites is 1. The van der Waals surface area contributed by atoms with Gasteiger partial charge in [0.25, 0.3) is 0 Å². The Morgan fingerprint density at radius 2 is 1.96 bits per heavy atom. The van der Waals surface area contributed by atoms with Crippen LogP contribution in [0.1, 0.15) is 28.5 Å². The summed E-state index contributed by atoms with van der Waals surface area (Å²) in [6.07, 6.45) is 4.51. The third-order valence-electron chi connectivity index (χ3n) is 4.61. The molecule has 1 aromatic heterocycles. The molecule has 2 heterocycles. The standard InChI is InChI=1S/C21H17ClN2O2S/c1-2-13-7-5-8-16-15(11-23-19(13)16)10-18-20(25)24(21(26)27-18)12-14-6-3-4-9-17(14)22/h3-11,25H,2,12H2,1H3. The fourth-order valence-corrected chi connectivity index (χ4v) is 4.20. The van der Waals surface area contributed by atoms with E-state index < -0.39 is 0 Å². The first kappa shape index (κ1) is 17.8. The Hall–Kier alpha value is -2.63. The van der Waals surface area contributed by atoms with E-state index in [0.717, 1.165) is 40.1 Å². The lowest BCUT2D eigenvalue weighted by atomic mass is 10.0. The quantitative estimate of drug-likeness (QED) is 0.664. The summed E-state index contributed by atoms with van der Waals surface area (Å²) in [5.74, 6) is -0.0501. The normalized spacial score (nSPS) is 14.1. The fraction of sp³-hybridized carbons (Fsp3) is 0.143. The Morgan fingerprint density at radius 1 is 1.19 bits per heavy atom. The number of aromatic nitrogens is 1. The van der Waals surface area contributed by atoms with Gasteiger partial charge < -0.3 is 5.11 Å². The second-order valence-electron chi connectivity index (χ2n) is 6.26. The van der Waals surface area contributed by atoms with Gasteiger partial charge in [0.2, 0.25) is 5.88 Å². The maximum absolute atomic E-state index is 12.4. The van der Waals surface area contributed by atoms with E-state index in [4.69, 9.17) is 11.6 Å². The molecule has 27 heavy (non-hydrogen) atoms. The topological polar surface area (TPSA) is 54.6 Å². The van der Waals surface area contributed by atoms with Gasteiger partial charge in [0.05, 0.1) is 17.1 Å². The highest BCUT2D eigenvalue weighted by Crippen LogP contribution is 2.37. The summed E-state index contributed by atoms with van der Waals surface area (Å²) < 4.78 is 1.34. The van der Waals surface area contributed by atoms with Gasteiger partial charge in [0.1, 0.15) is 0 Å². The molecule has 2 aromatic carbocycles. The average molecular weight is 397 g/mol. The van der Waals surface area contributed by atoms with Crippen LogP contribution in [0.5, 0.6) is 5.88 Å². The Labute approximate surface area is 165 Å². The number of thiazole rings is 1. The number of nitrogens with zero attached hydrogens (tertiary/aromatic N) is 2. The predicted octanol–water partition coefficient (Wildman–Crippen LogP) is 5.14. The number of hydrogen-bond donors (Lipinski definition) is 1. The van der Waals surface area contributed by atoms with Gasteiger partial charge in [-0.25, -0.2) is 0 Å². The van der Waals surface area contributed by atoms with Gasteiger partial charge >= 0.3 is 4.87 Å². The van der Waals surface area contributed by atoms with Crippen molar-refractivity contribution >= 4 is 46.5 Å². The smallest absolute Gasteiger partial charge is 0.310 e. The van der Waals surface area contributed by atoms with Gasteiger partial charge in [-0.2, -0.15) is 0 Å². The van der Waals surface area contributed by atoms with Crippen LogP contribution in [0, 0.1) is 0 Å². The highest BCUT2D eigenvalue weighted by Gasteiger charge is 2.18. The van der Waals surface area contributed by atoms with E-state index in [0.29, 0.717) is 9.90 Å². The Morgan fingerprint density at radius 3 is 2.74 bits per heavy atom. The van der Waals surface area contributed by atoms with Crippen LogP contribution in [0.15, 0.2) is 52.3 Å². The SMILES string of the molecule is CCc1cccc2c1N=CC2=Cc1sc(=O)n(Cc2ccccc2Cl)c1O. The molecule has 1 aliphatic heterocycles. The van der Waals surface area contributed by atoms with E-state index in [1.165, 1.54) is 10.1 Å². The van der Waals surface area contributed by atoms with Crippen molar-refractivity contribution in [3.05, 3.63) is 78.7 Å². The van der Waals surface area contributed by atoms with E-state index in [-0.39, 0.29) is 17.3 Å². The summed E-state index contributed by atoms with van der Waals surface area (Å²) in [5.41, 5.74) is 4.84. The van der Waals surface area contributed by atoms with E-state index in [9.17, 15) is 9.90 Å². The minimum absolute atomic E-state index is 0.0501. The van der Waals surface area contributed by atoms with Crippen molar-refractivity contribution in [3.63, 3.8) is 0 Å². The van der Waals surface area contributed by atoms with Crippen LogP contribution in [0.25, 0.3) is 11.6 Å². The van der Waals surface area contributed by atoms with Gasteiger partial charge in [0, 0.05) is 22.4 Å². The van der Waals surface area contributed by atoms with Gasteiger partial charge in [-0.1, -0.05) is 66.3 Å². The minimum Gasteiger partial charge on any atom is -0.493 e. The maximum atomic E-state index is 12.4. The Bertz CT molecular complexity index is 1140. The van der Waals surface area contributed by atoms with Crippen molar-refractivity contribution in [1.82, 2.24) is 4.57 Å². The molecule has 0 amide bonds. The number of aryl methyl sites for hydroxylation is 1. The zero-order chi connectivity index (χ0) is 19.0. The van der Waals surface area contributed by atoms with Gasteiger partial charge in [-0.05, 0) is 29.7 Å². The summed E-state index contributed by atoms with van der Waals surface area (Å²) in [4.78, 5) is 17.2. The largest absolute Gasteiger partial charge is 0.493 e. The Balaban J connectivity index is 1.72. The lowest BCUT2D eigenvalue weighted by molar-refractivity contribution is 0.420. The molecule has 0 unspecified atom stereocenters. The van der Waals surface area contributed by atoms with E-state index in [1.807, 2.05) is 36.4 Å². The van der Waals surface area contributed by atoms with Crippen LogP contribution in [-0.2, 0) is 13.0 Å². The summed E-state index contributed by atoms with van der Waals surface area (Å²) in [5, 5.41) is 11.2. The number of benzene rings is 2. The molecule has 4 rings (SSSR count). The summed E-state index contributed by atoms with van der Waals surface area (Å²) in [7, 11) is 0. The number of aliphatic imine (C=N–C) groups is 1. The van der Waals surface area contributed by atoms with Crippen LogP contribution in [0.4, 0.5) is 5.69 Å². The maximum Gasteiger partial charge on any atom is 0.310 e. The summed E-state index contributed by atoms with van der Waals surface area (Å²) in [6, 6.07) is 13.4. The molecule has 4 nitrogen and oxygen atoms in total. The van der Waals surface area contributed by atoms with Crippen molar-refractivity contribution in [1.29, 1.82) is 0 Å². The molecule has 0 bridgehead atoms. The number of rotatable bonds is 4. The number of halogens is 1. The van der Waals surface area contributed by atoms with Crippen molar-refractivity contribution in [2.24, 2.45) is 4.99 Å². The Kier molecular flexibility index (Phi) is 4.72. The highest BCUT2D eigenvalue weighted by atomic mass is 35.5. The summed E-state index contributed by atoms with van der Waals surface area (Å²) >= 11 is 7.20. The number of aromatic hydroxyl groups is 1. The molecule has 3 aromatic rings. The fourth-order valence-electron chi connectivity index (χ4n) is 3.17. The zero-order valence-electron chi connectivity index (χ0n) is 14.6. The van der Waals surface area contributed by atoms with Crippen LogP contribution in [0.2, 0.25) is 5.02 Å². The first-order chi connectivity index (χ1) is 13.1. The molecule has 1 N–H and O–H groups in total. The highest BCUT2D eigenvalue weighted by molar-refractivity contribution is 7.10. The van der Waals surface area contributed by atoms with Crippen LogP contribution < -0.4 is 4.87 Å². The second-order valence-corrected chi connectivity index (χ2v) is 7.66. The number of allylic oxidation sites excluding steroid dienone is 1. The molecule has 0 saturated heterocycles. The molecule has 6 heteroatoms.